The molecule has 0 unspecified atom stereocenters. The van der Waals surface area contributed by atoms with E-state index in [-0.39, 0.29) is 23.3 Å². The zero-order valence-corrected chi connectivity index (χ0v) is 10.8. The maximum Gasteiger partial charge on any atom is 0.264 e. The van der Waals surface area contributed by atoms with Crippen LogP contribution in [0.2, 0.25) is 0 Å². The molecule has 0 bridgehead atoms. The van der Waals surface area contributed by atoms with Crippen LogP contribution >= 0.6 is 0 Å². The van der Waals surface area contributed by atoms with Crippen molar-refractivity contribution in [1.29, 1.82) is 0 Å². The molecule has 2 aromatic carbocycles. The first-order valence-corrected chi connectivity index (χ1v) is 6.03. The van der Waals surface area contributed by atoms with Crippen LogP contribution < -0.4 is 0 Å². The molecule has 0 amide bonds. The largest absolute Gasteiger partial charge is 0.391 e. The van der Waals surface area contributed by atoms with E-state index in [1.165, 1.54) is 18.2 Å². The predicted octanol–water partition coefficient (Wildman–Crippen LogP) is 4.45. The van der Waals surface area contributed by atoms with Gasteiger partial charge < -0.3 is 4.84 Å². The maximum atomic E-state index is 12.9. The third-order valence-electron chi connectivity index (χ3n) is 2.65. The van der Waals surface area contributed by atoms with E-state index < -0.39 is 18.1 Å². The molecule has 0 N–H and O–H groups in total. The average molecular weight is 297 g/mol. The van der Waals surface area contributed by atoms with Crippen LogP contribution in [-0.2, 0) is 11.4 Å². The Morgan fingerprint density at radius 2 is 1.71 bits per heavy atom. The number of rotatable bonds is 5. The molecule has 0 aliphatic rings. The highest BCUT2D eigenvalue weighted by Gasteiger charge is 2.10. The van der Waals surface area contributed by atoms with E-state index in [0.29, 0.717) is 0 Å². The summed E-state index contributed by atoms with van der Waals surface area (Å²) in [4.78, 5) is 4.86. The highest BCUT2D eigenvalue weighted by molar-refractivity contribution is 5.81. The minimum Gasteiger partial charge on any atom is -0.391 e. The van der Waals surface area contributed by atoms with E-state index in [1.807, 2.05) is 0 Å². The number of hydrogen-bond donors (Lipinski definition) is 0. The van der Waals surface area contributed by atoms with E-state index in [4.69, 9.17) is 4.84 Å². The quantitative estimate of drug-likeness (QED) is 0.454. The molecule has 2 rings (SSSR count). The maximum absolute atomic E-state index is 12.9. The second-order valence-electron chi connectivity index (χ2n) is 4.22. The van der Waals surface area contributed by atoms with Gasteiger partial charge in [0.15, 0.2) is 0 Å². The van der Waals surface area contributed by atoms with Crippen molar-refractivity contribution >= 4 is 6.21 Å². The van der Waals surface area contributed by atoms with Crippen molar-refractivity contribution in [2.75, 3.05) is 0 Å². The molecule has 21 heavy (non-hydrogen) atoms. The third-order valence-corrected chi connectivity index (χ3v) is 2.65. The molecule has 0 saturated carbocycles. The molecule has 2 aromatic rings. The van der Waals surface area contributed by atoms with Gasteiger partial charge in [0.25, 0.3) is 6.43 Å². The molecule has 0 aromatic heterocycles. The van der Waals surface area contributed by atoms with Crippen LogP contribution in [0, 0.1) is 11.6 Å². The third kappa shape index (κ3) is 4.30. The Bertz CT molecular complexity index is 623. The van der Waals surface area contributed by atoms with Crippen LogP contribution in [0.4, 0.5) is 17.6 Å². The SMILES string of the molecule is Fc1cc(F)cc(CON=Cc2ccccc2C(F)F)c1. The molecule has 0 aliphatic carbocycles. The van der Waals surface area contributed by atoms with Gasteiger partial charge >= 0.3 is 0 Å². The summed E-state index contributed by atoms with van der Waals surface area (Å²) in [5.41, 5.74) is 0.311. The van der Waals surface area contributed by atoms with Gasteiger partial charge in [0.2, 0.25) is 0 Å². The topological polar surface area (TPSA) is 21.6 Å². The Labute approximate surface area is 118 Å². The molecule has 2 nitrogen and oxygen atoms in total. The van der Waals surface area contributed by atoms with Gasteiger partial charge in [-0.1, -0.05) is 29.4 Å². The summed E-state index contributed by atoms with van der Waals surface area (Å²) in [6, 6.07) is 8.79. The lowest BCUT2D eigenvalue weighted by Gasteiger charge is -2.04. The predicted molar refractivity (Wildman–Crippen MR) is 70.1 cm³/mol. The van der Waals surface area contributed by atoms with Gasteiger partial charge in [-0.3, -0.25) is 0 Å². The van der Waals surface area contributed by atoms with Crippen molar-refractivity contribution in [3.63, 3.8) is 0 Å². The molecule has 0 heterocycles. The first-order chi connectivity index (χ1) is 10.1. The van der Waals surface area contributed by atoms with Crippen molar-refractivity contribution in [3.8, 4) is 0 Å². The summed E-state index contributed by atoms with van der Waals surface area (Å²) in [5.74, 6) is -1.44. The van der Waals surface area contributed by atoms with E-state index in [9.17, 15) is 17.6 Å². The van der Waals surface area contributed by atoms with Gasteiger partial charge in [0.05, 0.1) is 6.21 Å². The van der Waals surface area contributed by atoms with Gasteiger partial charge in [0, 0.05) is 17.2 Å². The van der Waals surface area contributed by atoms with E-state index in [2.05, 4.69) is 5.16 Å². The minimum absolute atomic E-state index is 0.165. The normalized spacial score (nSPS) is 11.3. The summed E-state index contributed by atoms with van der Waals surface area (Å²) in [5, 5.41) is 3.54. The van der Waals surface area contributed by atoms with E-state index in [0.717, 1.165) is 24.4 Å². The van der Waals surface area contributed by atoms with Crippen LogP contribution in [0.3, 0.4) is 0 Å². The van der Waals surface area contributed by atoms with Crippen LogP contribution in [0.1, 0.15) is 23.1 Å². The van der Waals surface area contributed by atoms with E-state index >= 15 is 0 Å². The summed E-state index contributed by atoms with van der Waals surface area (Å²) in [6.45, 7) is -0.165. The van der Waals surface area contributed by atoms with Gasteiger partial charge in [-0.2, -0.15) is 0 Å². The lowest BCUT2D eigenvalue weighted by atomic mass is 10.1. The van der Waals surface area contributed by atoms with Crippen LogP contribution in [0.5, 0.6) is 0 Å². The number of alkyl halides is 2. The van der Waals surface area contributed by atoms with Crippen molar-refractivity contribution in [1.82, 2.24) is 0 Å². The molecular weight excluding hydrogens is 286 g/mol. The Morgan fingerprint density at radius 1 is 1.05 bits per heavy atom. The molecule has 0 aliphatic heterocycles. The van der Waals surface area contributed by atoms with Crippen molar-refractivity contribution < 1.29 is 22.4 Å². The summed E-state index contributed by atoms with van der Waals surface area (Å²) >= 11 is 0. The molecule has 0 atom stereocenters. The first-order valence-electron chi connectivity index (χ1n) is 6.03. The lowest BCUT2D eigenvalue weighted by molar-refractivity contribution is 0.131. The number of nitrogens with zero attached hydrogens (tertiary/aromatic N) is 1. The Morgan fingerprint density at radius 3 is 2.38 bits per heavy atom. The second-order valence-corrected chi connectivity index (χ2v) is 4.22. The first kappa shape index (κ1) is 15.0. The average Bonchev–Trinajstić information content (AvgIpc) is 2.43. The smallest absolute Gasteiger partial charge is 0.264 e. The molecule has 0 fully saturated rings. The summed E-state index contributed by atoms with van der Waals surface area (Å²) in [7, 11) is 0. The van der Waals surface area contributed by atoms with Gasteiger partial charge in [0.1, 0.15) is 18.2 Å². The van der Waals surface area contributed by atoms with Gasteiger partial charge in [-0.05, 0) is 17.7 Å². The van der Waals surface area contributed by atoms with Crippen molar-refractivity contribution in [2.24, 2.45) is 5.16 Å². The standard InChI is InChI=1S/C15H11F4NO/c16-12-5-10(6-13(17)7-12)9-21-20-8-11-3-1-2-4-14(11)15(18)19/h1-8,15H,9H2. The van der Waals surface area contributed by atoms with E-state index in [1.54, 1.807) is 6.07 Å². The Hall–Kier alpha value is -2.37. The fraction of sp³-hybridized carbons (Fsp3) is 0.133. The number of hydrogen-bond acceptors (Lipinski definition) is 2. The molecule has 110 valence electrons. The zero-order chi connectivity index (χ0) is 15.2. The molecule has 0 radical (unpaired) electrons. The highest BCUT2D eigenvalue weighted by Crippen LogP contribution is 2.21. The van der Waals surface area contributed by atoms with Gasteiger partial charge in [-0.25, -0.2) is 17.6 Å². The minimum atomic E-state index is -2.62. The Balaban J connectivity index is 2.00. The number of benzene rings is 2. The molecule has 0 spiro atoms. The highest BCUT2D eigenvalue weighted by atomic mass is 19.3. The summed E-state index contributed by atoms with van der Waals surface area (Å²) in [6.07, 6.45) is -1.48. The molecule has 0 saturated heterocycles. The fourth-order valence-corrected chi connectivity index (χ4v) is 1.73. The van der Waals surface area contributed by atoms with Crippen LogP contribution in [-0.4, -0.2) is 6.21 Å². The second kappa shape index (κ2) is 6.88. The van der Waals surface area contributed by atoms with Crippen LogP contribution in [0.15, 0.2) is 47.6 Å². The fourth-order valence-electron chi connectivity index (χ4n) is 1.73. The van der Waals surface area contributed by atoms with Gasteiger partial charge in [-0.15, -0.1) is 0 Å². The van der Waals surface area contributed by atoms with Crippen molar-refractivity contribution in [2.45, 2.75) is 13.0 Å². The lowest BCUT2D eigenvalue weighted by Crippen LogP contribution is -1.94. The Kier molecular flexibility index (Phi) is 4.92. The van der Waals surface area contributed by atoms with Crippen LogP contribution in [0.25, 0.3) is 0 Å². The number of oxime groups is 1. The monoisotopic (exact) mass is 297 g/mol. The zero-order valence-electron chi connectivity index (χ0n) is 10.8. The van der Waals surface area contributed by atoms with Crippen molar-refractivity contribution in [3.05, 3.63) is 70.8 Å². The number of halogens is 4. The summed E-state index contributed by atoms with van der Waals surface area (Å²) < 4.78 is 51.3. The molecule has 6 heteroatoms. The molecular formula is C15H11F4NO.